The molecule has 1 aliphatic carbocycles. The van der Waals surface area contributed by atoms with E-state index in [1.807, 2.05) is 76.9 Å². The number of H-pyrrole nitrogens is 1. The van der Waals surface area contributed by atoms with Gasteiger partial charge in [0, 0.05) is 6.04 Å². The molecule has 0 spiro atoms. The number of ether oxygens (including phenoxy) is 1. The molecule has 4 atom stereocenters. The van der Waals surface area contributed by atoms with Crippen LogP contribution in [0.2, 0.25) is 0 Å². The maximum atomic E-state index is 13.7. The van der Waals surface area contributed by atoms with Crippen LogP contribution in [0.15, 0.2) is 30.5 Å². The molecule has 2 bridgehead atoms. The molecule has 5 rings (SSSR count). The van der Waals surface area contributed by atoms with Gasteiger partial charge in [-0.25, -0.2) is 9.78 Å². The zero-order chi connectivity index (χ0) is 27.4. The molecule has 2 aromatic rings. The maximum absolute atomic E-state index is 13.7. The third-order valence-corrected chi connectivity index (χ3v) is 8.85. The lowest BCUT2D eigenvalue weighted by Gasteiger charge is -2.37. The van der Waals surface area contributed by atoms with Gasteiger partial charge in [0.1, 0.15) is 11.9 Å². The molecule has 1 aromatic heterocycles. The molecule has 2 N–H and O–H groups in total. The van der Waals surface area contributed by atoms with E-state index < -0.39 is 19.3 Å². The number of fused-ring (bicyclic) bond motifs is 2. The second kappa shape index (κ2) is 9.72. The van der Waals surface area contributed by atoms with Gasteiger partial charge in [-0.3, -0.25) is 4.79 Å². The van der Waals surface area contributed by atoms with Crippen molar-refractivity contribution in [3.05, 3.63) is 36.3 Å². The summed E-state index contributed by atoms with van der Waals surface area (Å²) in [4.78, 5) is 35.9. The summed E-state index contributed by atoms with van der Waals surface area (Å²) in [5.41, 5.74) is 2.08. The van der Waals surface area contributed by atoms with Crippen molar-refractivity contribution in [3.63, 3.8) is 0 Å². The summed E-state index contributed by atoms with van der Waals surface area (Å²) in [5, 5.41) is 2.74. The highest BCUT2D eigenvalue weighted by Crippen LogP contribution is 2.50. The van der Waals surface area contributed by atoms with Gasteiger partial charge in [0.15, 0.2) is 0 Å². The SMILES string of the molecule is COC(=O)N[C@H](C(=O)N1C(c2ncc(-c3ccc(B4OC(C)(C)C(C)(C)O4)cc3)[nH]2)[C@@H]2CC[C@H]1C2)C(C)C. The Bertz CT molecular complexity index is 1180. The lowest BCUT2D eigenvalue weighted by Crippen LogP contribution is -2.54. The predicted octanol–water partition coefficient (Wildman–Crippen LogP) is 3.81. The molecule has 0 radical (unpaired) electrons. The third-order valence-electron chi connectivity index (χ3n) is 8.85. The van der Waals surface area contributed by atoms with E-state index in [1.54, 1.807) is 0 Å². The van der Waals surface area contributed by atoms with E-state index in [4.69, 9.17) is 19.0 Å². The molecule has 3 aliphatic rings. The minimum absolute atomic E-state index is 0.0731. The number of aromatic nitrogens is 2. The first-order valence-electron chi connectivity index (χ1n) is 13.6. The maximum Gasteiger partial charge on any atom is 0.494 e. The van der Waals surface area contributed by atoms with Crippen molar-refractivity contribution in [2.24, 2.45) is 11.8 Å². The Kier molecular flexibility index (Phi) is 6.84. The van der Waals surface area contributed by atoms with E-state index in [9.17, 15) is 9.59 Å². The van der Waals surface area contributed by atoms with Crippen molar-refractivity contribution in [3.8, 4) is 11.3 Å². The Balaban J connectivity index is 1.35. The first-order valence-corrected chi connectivity index (χ1v) is 13.6. The Morgan fingerprint density at radius 1 is 1.13 bits per heavy atom. The number of aromatic amines is 1. The fourth-order valence-electron chi connectivity index (χ4n) is 5.95. The number of alkyl carbamates (subject to hydrolysis) is 1. The number of likely N-dealkylation sites (tertiary alicyclic amines) is 1. The number of carbonyl (C=O) groups excluding carboxylic acids is 2. The quantitative estimate of drug-likeness (QED) is 0.559. The standard InChI is InChI=1S/C28H39BN4O5/c1-16(2)22(32-26(35)36-7)25(34)33-20-13-10-18(14-20)23(33)24-30-15-21(31-24)17-8-11-19(12-9-17)29-37-27(3,4)28(5,6)38-29/h8-9,11-12,15-16,18,20,22-23H,10,13-14H2,1-7H3,(H,30,31)(H,32,35)/t18-,20+,22+,23?/m1/s1. The van der Waals surface area contributed by atoms with Gasteiger partial charge in [-0.1, -0.05) is 38.1 Å². The molecule has 2 amide bonds. The van der Waals surface area contributed by atoms with E-state index in [-0.39, 0.29) is 35.1 Å². The molecule has 204 valence electrons. The van der Waals surface area contributed by atoms with Gasteiger partial charge in [0.2, 0.25) is 5.91 Å². The summed E-state index contributed by atoms with van der Waals surface area (Å²) in [7, 11) is 0.900. The average molecular weight is 522 g/mol. The molecule has 2 aliphatic heterocycles. The van der Waals surface area contributed by atoms with Gasteiger partial charge in [-0.05, 0) is 69.8 Å². The van der Waals surface area contributed by atoms with Crippen molar-refractivity contribution in [1.82, 2.24) is 20.2 Å². The summed E-state index contributed by atoms with van der Waals surface area (Å²) in [6.07, 6.45) is 4.24. The summed E-state index contributed by atoms with van der Waals surface area (Å²) < 4.78 is 17.1. The van der Waals surface area contributed by atoms with Crippen molar-refractivity contribution in [2.45, 2.75) is 90.1 Å². The van der Waals surface area contributed by atoms with Gasteiger partial charge >= 0.3 is 13.2 Å². The molecule has 10 heteroatoms. The molecule has 1 unspecified atom stereocenters. The largest absolute Gasteiger partial charge is 0.494 e. The van der Waals surface area contributed by atoms with Crippen molar-refractivity contribution in [1.29, 1.82) is 0 Å². The topological polar surface area (TPSA) is 106 Å². The van der Waals surface area contributed by atoms with Crippen molar-refractivity contribution >= 4 is 24.6 Å². The van der Waals surface area contributed by atoms with Gasteiger partial charge in [-0.2, -0.15) is 0 Å². The van der Waals surface area contributed by atoms with Gasteiger partial charge in [-0.15, -0.1) is 0 Å². The zero-order valence-electron chi connectivity index (χ0n) is 23.4. The molecule has 1 saturated carbocycles. The van der Waals surface area contributed by atoms with Gasteiger partial charge in [0.25, 0.3) is 0 Å². The summed E-state index contributed by atoms with van der Waals surface area (Å²) in [6, 6.07) is 7.49. The van der Waals surface area contributed by atoms with Crippen LogP contribution in [-0.4, -0.2) is 64.4 Å². The number of hydrogen-bond donors (Lipinski definition) is 2. The Hall–Kier alpha value is -2.85. The first-order chi connectivity index (χ1) is 17.9. The van der Waals surface area contributed by atoms with Crippen molar-refractivity contribution < 1.29 is 23.6 Å². The smallest absolute Gasteiger partial charge is 0.453 e. The summed E-state index contributed by atoms with van der Waals surface area (Å²) in [6.45, 7) is 12.1. The first kappa shape index (κ1) is 26.7. The van der Waals surface area contributed by atoms with Gasteiger partial charge in [0.05, 0.1) is 36.2 Å². The number of methoxy groups -OCH3 is 1. The summed E-state index contributed by atoms with van der Waals surface area (Å²) >= 11 is 0. The number of nitrogens with one attached hydrogen (secondary N) is 2. The summed E-state index contributed by atoms with van der Waals surface area (Å²) in [5.74, 6) is 0.985. The molecule has 38 heavy (non-hydrogen) atoms. The van der Waals surface area contributed by atoms with Crippen molar-refractivity contribution in [2.75, 3.05) is 7.11 Å². The highest BCUT2D eigenvalue weighted by molar-refractivity contribution is 6.62. The third kappa shape index (κ3) is 4.62. The Morgan fingerprint density at radius 2 is 1.79 bits per heavy atom. The van der Waals surface area contributed by atoms with E-state index in [0.29, 0.717) is 5.92 Å². The van der Waals surface area contributed by atoms with Crippen LogP contribution >= 0.6 is 0 Å². The van der Waals surface area contributed by atoms with E-state index in [2.05, 4.69) is 10.3 Å². The second-order valence-corrected chi connectivity index (χ2v) is 12.2. The lowest BCUT2D eigenvalue weighted by molar-refractivity contribution is -0.139. The van der Waals surface area contributed by atoms with Crippen LogP contribution in [0, 0.1) is 11.8 Å². The van der Waals surface area contributed by atoms with Crippen LogP contribution in [0.4, 0.5) is 4.79 Å². The number of rotatable bonds is 6. The molecule has 9 nitrogen and oxygen atoms in total. The fourth-order valence-corrected chi connectivity index (χ4v) is 5.95. The van der Waals surface area contributed by atoms with Crippen LogP contribution in [0.3, 0.4) is 0 Å². The lowest BCUT2D eigenvalue weighted by atomic mass is 9.79. The van der Waals surface area contributed by atoms with E-state index in [0.717, 1.165) is 41.8 Å². The number of benzene rings is 1. The Labute approximate surface area is 225 Å². The molecular formula is C28H39BN4O5. The monoisotopic (exact) mass is 522 g/mol. The number of piperidine rings is 1. The zero-order valence-corrected chi connectivity index (χ0v) is 23.4. The number of carbonyl (C=O) groups is 2. The van der Waals surface area contributed by atoms with E-state index in [1.165, 1.54) is 7.11 Å². The molecular weight excluding hydrogens is 483 g/mol. The normalized spacial score (nSPS) is 26.2. The van der Waals surface area contributed by atoms with Crippen LogP contribution < -0.4 is 10.8 Å². The van der Waals surface area contributed by atoms with Crippen LogP contribution in [0.5, 0.6) is 0 Å². The van der Waals surface area contributed by atoms with E-state index >= 15 is 0 Å². The minimum Gasteiger partial charge on any atom is -0.453 e. The molecule has 3 fully saturated rings. The Morgan fingerprint density at radius 3 is 2.39 bits per heavy atom. The van der Waals surface area contributed by atoms with Crippen LogP contribution in [0.1, 0.15) is 72.7 Å². The predicted molar refractivity (Wildman–Crippen MR) is 145 cm³/mol. The molecule has 3 heterocycles. The highest BCUT2D eigenvalue weighted by Gasteiger charge is 2.52. The fraction of sp³-hybridized carbons (Fsp3) is 0.607. The molecule has 1 aromatic carbocycles. The number of hydrogen-bond acceptors (Lipinski definition) is 6. The molecule has 2 saturated heterocycles. The number of nitrogens with zero attached hydrogens (tertiary/aromatic N) is 2. The second-order valence-electron chi connectivity index (χ2n) is 12.2. The number of imidazole rings is 1. The van der Waals surface area contributed by atoms with Gasteiger partial charge < -0.3 is 29.2 Å². The van der Waals surface area contributed by atoms with Crippen LogP contribution in [-0.2, 0) is 18.8 Å². The van der Waals surface area contributed by atoms with Crippen LogP contribution in [0.25, 0.3) is 11.3 Å². The number of amides is 2. The highest BCUT2D eigenvalue weighted by atomic mass is 16.7. The minimum atomic E-state index is -0.652. The average Bonchev–Trinajstić information content (AvgIpc) is 3.65.